The molecule has 1 N–H and O–H groups in total. The first-order valence-corrected chi connectivity index (χ1v) is 8.49. The minimum Gasteiger partial charge on any atom is -0.308 e. The summed E-state index contributed by atoms with van der Waals surface area (Å²) in [6.07, 6.45) is 0. The second-order valence-electron chi connectivity index (χ2n) is 5.95. The molecule has 0 aliphatic heterocycles. The van der Waals surface area contributed by atoms with Gasteiger partial charge in [0, 0.05) is 22.6 Å². The summed E-state index contributed by atoms with van der Waals surface area (Å²) in [4.78, 5) is 14.4. The predicted molar refractivity (Wildman–Crippen MR) is 98.9 cm³/mol. The Hall–Kier alpha value is -1.49. The Kier molecular flexibility index (Phi) is 6.51. The first kappa shape index (κ1) is 17.9. The van der Waals surface area contributed by atoms with Crippen LogP contribution in [0.15, 0.2) is 53.0 Å². The Bertz CT molecular complexity index is 635. The van der Waals surface area contributed by atoms with E-state index in [4.69, 9.17) is 0 Å². The van der Waals surface area contributed by atoms with Gasteiger partial charge in [0.2, 0.25) is 0 Å². The van der Waals surface area contributed by atoms with Crippen LogP contribution in [0, 0.1) is 6.92 Å². The van der Waals surface area contributed by atoms with Crippen molar-refractivity contribution < 1.29 is 4.79 Å². The lowest BCUT2D eigenvalue weighted by Crippen LogP contribution is -2.33. The van der Waals surface area contributed by atoms with Gasteiger partial charge in [-0.05, 0) is 38.7 Å². The van der Waals surface area contributed by atoms with Crippen LogP contribution in [0.5, 0.6) is 0 Å². The summed E-state index contributed by atoms with van der Waals surface area (Å²) in [6, 6.07) is 16.3. The molecule has 3 nitrogen and oxygen atoms in total. The smallest absolute Gasteiger partial charge is 0.176 e. The lowest BCUT2D eigenvalue weighted by atomic mass is 10.0. The topological polar surface area (TPSA) is 32.3 Å². The van der Waals surface area contributed by atoms with Crippen LogP contribution in [0.3, 0.4) is 0 Å². The number of likely N-dealkylation sites (N-methyl/N-ethyl adjacent to an activating group) is 1. The van der Waals surface area contributed by atoms with Gasteiger partial charge in [-0.15, -0.1) is 0 Å². The Balaban J connectivity index is 1.93. The molecule has 0 saturated carbocycles. The van der Waals surface area contributed by atoms with Crippen molar-refractivity contribution in [1.82, 2.24) is 10.2 Å². The van der Waals surface area contributed by atoms with Crippen molar-refractivity contribution in [2.24, 2.45) is 0 Å². The highest BCUT2D eigenvalue weighted by atomic mass is 79.9. The Labute approximate surface area is 146 Å². The van der Waals surface area contributed by atoms with Crippen LogP contribution in [-0.4, -0.2) is 37.9 Å². The van der Waals surface area contributed by atoms with Gasteiger partial charge in [0.05, 0.1) is 6.54 Å². The monoisotopic (exact) mass is 374 g/mol. The molecule has 2 rings (SSSR count). The van der Waals surface area contributed by atoms with E-state index >= 15 is 0 Å². The van der Waals surface area contributed by atoms with E-state index in [2.05, 4.69) is 71.4 Å². The van der Waals surface area contributed by atoms with Gasteiger partial charge in [-0.3, -0.25) is 4.79 Å². The van der Waals surface area contributed by atoms with Crippen molar-refractivity contribution in [3.63, 3.8) is 0 Å². The number of Topliss-reactive ketones (excluding diaryl/α,β-unsaturated/α-hetero) is 1. The molecule has 0 aliphatic rings. The van der Waals surface area contributed by atoms with Crippen molar-refractivity contribution in [3.05, 3.63) is 69.7 Å². The maximum absolute atomic E-state index is 12.2. The van der Waals surface area contributed by atoms with Gasteiger partial charge >= 0.3 is 0 Å². The number of nitrogens with zero attached hydrogens (tertiary/aromatic N) is 1. The summed E-state index contributed by atoms with van der Waals surface area (Å²) in [7, 11) is 4.12. The molecule has 2 aromatic rings. The van der Waals surface area contributed by atoms with Gasteiger partial charge in [0.1, 0.15) is 0 Å². The SMILES string of the molecule is Cc1ccc(C(CNCC(=O)c2ccc(Br)cc2)N(C)C)cc1. The normalized spacial score (nSPS) is 12.4. The number of hydrogen-bond acceptors (Lipinski definition) is 3. The molecule has 0 saturated heterocycles. The zero-order valence-corrected chi connectivity index (χ0v) is 15.4. The summed E-state index contributed by atoms with van der Waals surface area (Å²) in [5, 5.41) is 3.29. The van der Waals surface area contributed by atoms with Crippen LogP contribution >= 0.6 is 15.9 Å². The minimum absolute atomic E-state index is 0.110. The van der Waals surface area contributed by atoms with E-state index in [1.807, 2.05) is 24.3 Å². The molecule has 0 radical (unpaired) electrons. The maximum Gasteiger partial charge on any atom is 0.176 e. The average Bonchev–Trinajstić information content (AvgIpc) is 2.53. The first-order chi connectivity index (χ1) is 11.0. The highest BCUT2D eigenvalue weighted by molar-refractivity contribution is 9.10. The van der Waals surface area contributed by atoms with Gasteiger partial charge in [-0.2, -0.15) is 0 Å². The van der Waals surface area contributed by atoms with E-state index in [9.17, 15) is 4.79 Å². The van der Waals surface area contributed by atoms with Crippen LogP contribution < -0.4 is 5.32 Å². The van der Waals surface area contributed by atoms with Gasteiger partial charge in [0.25, 0.3) is 0 Å². The second kappa shape index (κ2) is 8.39. The van der Waals surface area contributed by atoms with Crippen molar-refractivity contribution >= 4 is 21.7 Å². The highest BCUT2D eigenvalue weighted by Crippen LogP contribution is 2.18. The number of aryl methyl sites for hydroxylation is 1. The quantitative estimate of drug-likeness (QED) is 0.747. The van der Waals surface area contributed by atoms with E-state index < -0.39 is 0 Å². The molecule has 0 heterocycles. The fourth-order valence-electron chi connectivity index (χ4n) is 2.45. The van der Waals surface area contributed by atoms with Crippen molar-refractivity contribution in [1.29, 1.82) is 0 Å². The fraction of sp³-hybridized carbons (Fsp3) is 0.316. The van der Waals surface area contributed by atoms with Crippen molar-refractivity contribution in [2.75, 3.05) is 27.2 Å². The standard InChI is InChI=1S/C19H23BrN2O/c1-14-4-6-15(7-5-14)18(22(2)3)12-21-13-19(23)16-8-10-17(20)11-9-16/h4-11,18,21H,12-13H2,1-3H3. The van der Waals surface area contributed by atoms with Gasteiger partial charge in [-0.25, -0.2) is 0 Å². The first-order valence-electron chi connectivity index (χ1n) is 7.70. The number of hydrogen-bond donors (Lipinski definition) is 1. The summed E-state index contributed by atoms with van der Waals surface area (Å²) in [5.74, 6) is 0.110. The van der Waals surface area contributed by atoms with Gasteiger partial charge < -0.3 is 10.2 Å². The van der Waals surface area contributed by atoms with E-state index in [1.165, 1.54) is 11.1 Å². The molecular formula is C19H23BrN2O. The van der Waals surface area contributed by atoms with Crippen LogP contribution in [0.4, 0.5) is 0 Å². The molecule has 0 spiro atoms. The summed E-state index contributed by atoms with van der Waals surface area (Å²) in [5.41, 5.74) is 3.24. The predicted octanol–water partition coefficient (Wildman–Crippen LogP) is 3.83. The van der Waals surface area contributed by atoms with Gasteiger partial charge in [-0.1, -0.05) is 57.9 Å². The van der Waals surface area contributed by atoms with Crippen molar-refractivity contribution in [2.45, 2.75) is 13.0 Å². The number of carbonyl (C=O) groups excluding carboxylic acids is 1. The lowest BCUT2D eigenvalue weighted by Gasteiger charge is -2.25. The zero-order chi connectivity index (χ0) is 16.8. The van der Waals surface area contributed by atoms with Crippen LogP contribution in [-0.2, 0) is 0 Å². The molecule has 1 atom stereocenters. The molecule has 0 aromatic heterocycles. The molecule has 0 aliphatic carbocycles. The third kappa shape index (κ3) is 5.27. The summed E-state index contributed by atoms with van der Waals surface area (Å²) < 4.78 is 0.981. The van der Waals surface area contributed by atoms with Crippen LogP contribution in [0.2, 0.25) is 0 Å². The van der Waals surface area contributed by atoms with Crippen molar-refractivity contribution in [3.8, 4) is 0 Å². The molecule has 0 fully saturated rings. The number of benzene rings is 2. The number of halogens is 1. The number of ketones is 1. The second-order valence-corrected chi connectivity index (χ2v) is 6.87. The van der Waals surface area contributed by atoms with E-state index in [1.54, 1.807) is 0 Å². The summed E-state index contributed by atoms with van der Waals surface area (Å²) in [6.45, 7) is 3.17. The molecule has 2 aromatic carbocycles. The maximum atomic E-state index is 12.2. The van der Waals surface area contributed by atoms with Crippen LogP contribution in [0.25, 0.3) is 0 Å². The molecule has 0 amide bonds. The third-order valence-corrected chi connectivity index (χ3v) is 4.40. The van der Waals surface area contributed by atoms with E-state index in [0.717, 1.165) is 16.6 Å². The van der Waals surface area contributed by atoms with E-state index in [0.29, 0.717) is 6.54 Å². The average molecular weight is 375 g/mol. The number of carbonyl (C=O) groups is 1. The lowest BCUT2D eigenvalue weighted by molar-refractivity contribution is 0.0988. The highest BCUT2D eigenvalue weighted by Gasteiger charge is 2.14. The fourth-order valence-corrected chi connectivity index (χ4v) is 2.71. The molecule has 23 heavy (non-hydrogen) atoms. The minimum atomic E-state index is 0.110. The molecular weight excluding hydrogens is 352 g/mol. The molecule has 1 unspecified atom stereocenters. The van der Waals surface area contributed by atoms with E-state index in [-0.39, 0.29) is 11.8 Å². The number of rotatable bonds is 7. The van der Waals surface area contributed by atoms with Crippen LogP contribution in [0.1, 0.15) is 27.5 Å². The number of nitrogens with one attached hydrogen (secondary N) is 1. The molecule has 0 bridgehead atoms. The Morgan fingerprint density at radius 1 is 1.09 bits per heavy atom. The molecule has 122 valence electrons. The summed E-state index contributed by atoms with van der Waals surface area (Å²) >= 11 is 3.38. The largest absolute Gasteiger partial charge is 0.308 e. The van der Waals surface area contributed by atoms with Gasteiger partial charge in [0.15, 0.2) is 5.78 Å². The Morgan fingerprint density at radius 3 is 2.26 bits per heavy atom. The third-order valence-electron chi connectivity index (χ3n) is 3.87. The Morgan fingerprint density at radius 2 is 1.70 bits per heavy atom. The zero-order valence-electron chi connectivity index (χ0n) is 13.8. The molecule has 4 heteroatoms.